The van der Waals surface area contributed by atoms with E-state index in [2.05, 4.69) is 20.5 Å². The number of nitrogens with zero attached hydrogens (tertiary/aromatic N) is 3. The smallest absolute Gasteiger partial charge is 0.245 e. The van der Waals surface area contributed by atoms with Gasteiger partial charge in [-0.15, -0.1) is 10.2 Å². The standard InChI is InChI=1S/C10H14Cl2N4O/c11-8-9(14-10(12)16-15-8)13-5-6-3-1-2-4-7(6)17/h6-7,17H,1-5H2,(H,13,14,16). The predicted molar refractivity (Wildman–Crippen MR) is 66.3 cm³/mol. The summed E-state index contributed by atoms with van der Waals surface area (Å²) in [7, 11) is 0. The summed E-state index contributed by atoms with van der Waals surface area (Å²) in [6.07, 6.45) is 3.88. The number of hydrogen-bond acceptors (Lipinski definition) is 5. The van der Waals surface area contributed by atoms with Crippen LogP contribution < -0.4 is 5.32 Å². The van der Waals surface area contributed by atoms with Gasteiger partial charge in [0.15, 0.2) is 11.0 Å². The van der Waals surface area contributed by atoms with Crippen LogP contribution in [-0.4, -0.2) is 32.9 Å². The van der Waals surface area contributed by atoms with E-state index >= 15 is 0 Å². The third-order valence-corrected chi connectivity index (χ3v) is 3.44. The molecule has 2 unspecified atom stereocenters. The van der Waals surface area contributed by atoms with Gasteiger partial charge in [0.1, 0.15) is 0 Å². The van der Waals surface area contributed by atoms with Crippen molar-refractivity contribution in [3.63, 3.8) is 0 Å². The number of aromatic nitrogens is 3. The van der Waals surface area contributed by atoms with Gasteiger partial charge in [0, 0.05) is 12.5 Å². The molecule has 1 aromatic rings. The van der Waals surface area contributed by atoms with Crippen molar-refractivity contribution in [2.24, 2.45) is 5.92 Å². The zero-order valence-corrected chi connectivity index (χ0v) is 10.7. The highest BCUT2D eigenvalue weighted by Crippen LogP contribution is 2.25. The summed E-state index contributed by atoms with van der Waals surface area (Å²) < 4.78 is 0. The maximum atomic E-state index is 9.82. The minimum atomic E-state index is -0.250. The zero-order chi connectivity index (χ0) is 12.3. The monoisotopic (exact) mass is 276 g/mol. The lowest BCUT2D eigenvalue weighted by atomic mass is 9.86. The quantitative estimate of drug-likeness (QED) is 0.885. The Balaban J connectivity index is 1.94. The molecule has 0 bridgehead atoms. The summed E-state index contributed by atoms with van der Waals surface area (Å²) in [5.74, 6) is 0.651. The van der Waals surface area contributed by atoms with E-state index in [0.717, 1.165) is 25.7 Å². The molecule has 0 saturated heterocycles. The normalized spacial score (nSPS) is 24.6. The van der Waals surface area contributed by atoms with E-state index in [4.69, 9.17) is 23.2 Å². The van der Waals surface area contributed by atoms with Crippen LogP contribution >= 0.6 is 23.2 Å². The zero-order valence-electron chi connectivity index (χ0n) is 9.24. The third-order valence-electron chi connectivity index (χ3n) is 3.02. The van der Waals surface area contributed by atoms with Gasteiger partial charge in [-0.2, -0.15) is 4.98 Å². The largest absolute Gasteiger partial charge is 0.393 e. The van der Waals surface area contributed by atoms with Crippen molar-refractivity contribution in [2.75, 3.05) is 11.9 Å². The number of aliphatic hydroxyl groups excluding tert-OH is 1. The fraction of sp³-hybridized carbons (Fsp3) is 0.700. The van der Waals surface area contributed by atoms with Crippen LogP contribution in [0.15, 0.2) is 0 Å². The molecule has 1 aromatic heterocycles. The molecule has 2 atom stereocenters. The highest BCUT2D eigenvalue weighted by molar-refractivity contribution is 6.32. The lowest BCUT2D eigenvalue weighted by molar-refractivity contribution is 0.0763. The molecule has 2 rings (SSSR count). The van der Waals surface area contributed by atoms with Gasteiger partial charge in [0.25, 0.3) is 0 Å². The number of hydrogen-bond donors (Lipinski definition) is 2. The highest BCUT2D eigenvalue weighted by atomic mass is 35.5. The maximum absolute atomic E-state index is 9.82. The molecule has 0 aromatic carbocycles. The summed E-state index contributed by atoms with van der Waals surface area (Å²) in [4.78, 5) is 3.95. The van der Waals surface area contributed by atoms with Crippen molar-refractivity contribution >= 4 is 29.0 Å². The van der Waals surface area contributed by atoms with Gasteiger partial charge < -0.3 is 10.4 Å². The van der Waals surface area contributed by atoms with Crippen LogP contribution in [-0.2, 0) is 0 Å². The Labute approximate surface area is 110 Å². The molecule has 1 aliphatic carbocycles. The van der Waals surface area contributed by atoms with Gasteiger partial charge in [-0.1, -0.05) is 24.4 Å². The fourth-order valence-corrected chi connectivity index (χ4v) is 2.33. The van der Waals surface area contributed by atoms with Gasteiger partial charge in [0.2, 0.25) is 5.28 Å². The van der Waals surface area contributed by atoms with Crippen LogP contribution in [0.2, 0.25) is 10.4 Å². The van der Waals surface area contributed by atoms with Crippen molar-refractivity contribution < 1.29 is 5.11 Å². The Kier molecular flexibility index (Phi) is 4.36. The van der Waals surface area contributed by atoms with Crippen molar-refractivity contribution in [1.29, 1.82) is 0 Å². The fourth-order valence-electron chi connectivity index (χ4n) is 2.06. The van der Waals surface area contributed by atoms with Crippen molar-refractivity contribution in [2.45, 2.75) is 31.8 Å². The van der Waals surface area contributed by atoms with Crippen LogP contribution in [0.4, 0.5) is 5.82 Å². The molecule has 1 aliphatic rings. The second-order valence-corrected chi connectivity index (χ2v) is 4.91. The highest BCUT2D eigenvalue weighted by Gasteiger charge is 2.23. The van der Waals surface area contributed by atoms with E-state index in [1.165, 1.54) is 0 Å². The number of aliphatic hydroxyl groups is 1. The molecule has 2 N–H and O–H groups in total. The van der Waals surface area contributed by atoms with Gasteiger partial charge in [-0.05, 0) is 24.4 Å². The lowest BCUT2D eigenvalue weighted by Crippen LogP contribution is -2.30. The number of rotatable bonds is 3. The first-order chi connectivity index (χ1) is 8.16. The third kappa shape index (κ3) is 3.40. The van der Waals surface area contributed by atoms with Crippen molar-refractivity contribution in [3.8, 4) is 0 Å². The minimum Gasteiger partial charge on any atom is -0.393 e. The van der Waals surface area contributed by atoms with Gasteiger partial charge in [-0.3, -0.25) is 0 Å². The van der Waals surface area contributed by atoms with Gasteiger partial charge in [0.05, 0.1) is 6.10 Å². The first kappa shape index (κ1) is 12.8. The van der Waals surface area contributed by atoms with Crippen molar-refractivity contribution in [3.05, 3.63) is 10.4 Å². The van der Waals surface area contributed by atoms with Gasteiger partial charge >= 0.3 is 0 Å². The Hall–Kier alpha value is -0.650. The Bertz CT molecular complexity index is 391. The molecule has 0 aliphatic heterocycles. The molecular weight excluding hydrogens is 263 g/mol. The SMILES string of the molecule is OC1CCCCC1CNc1nc(Cl)nnc1Cl. The summed E-state index contributed by atoms with van der Waals surface area (Å²) >= 11 is 11.5. The van der Waals surface area contributed by atoms with Crippen LogP contribution in [0.5, 0.6) is 0 Å². The Morgan fingerprint density at radius 2 is 2.00 bits per heavy atom. The van der Waals surface area contributed by atoms with Gasteiger partial charge in [-0.25, -0.2) is 0 Å². The Morgan fingerprint density at radius 1 is 1.24 bits per heavy atom. The van der Waals surface area contributed by atoms with E-state index in [1.807, 2.05) is 0 Å². The summed E-state index contributed by atoms with van der Waals surface area (Å²) in [5, 5.41) is 20.3. The molecule has 94 valence electrons. The van der Waals surface area contributed by atoms with E-state index < -0.39 is 0 Å². The van der Waals surface area contributed by atoms with E-state index in [-0.39, 0.29) is 22.5 Å². The lowest BCUT2D eigenvalue weighted by Gasteiger charge is -2.27. The topological polar surface area (TPSA) is 70.9 Å². The van der Waals surface area contributed by atoms with Crippen LogP contribution in [0.3, 0.4) is 0 Å². The number of halogens is 2. The molecule has 0 amide bonds. The van der Waals surface area contributed by atoms with Crippen LogP contribution in [0, 0.1) is 5.92 Å². The number of nitrogens with one attached hydrogen (secondary N) is 1. The van der Waals surface area contributed by atoms with Crippen LogP contribution in [0.25, 0.3) is 0 Å². The molecule has 0 spiro atoms. The maximum Gasteiger partial charge on any atom is 0.245 e. The minimum absolute atomic E-state index is 0.0566. The Morgan fingerprint density at radius 3 is 2.76 bits per heavy atom. The predicted octanol–water partition coefficient (Wildman–Crippen LogP) is 2.14. The van der Waals surface area contributed by atoms with Crippen LogP contribution in [0.1, 0.15) is 25.7 Å². The summed E-state index contributed by atoms with van der Waals surface area (Å²) in [5.41, 5.74) is 0. The first-order valence-electron chi connectivity index (χ1n) is 5.64. The molecule has 7 heteroatoms. The van der Waals surface area contributed by atoms with E-state index in [1.54, 1.807) is 0 Å². The summed E-state index contributed by atoms with van der Waals surface area (Å²) in [6.45, 7) is 0.621. The van der Waals surface area contributed by atoms with E-state index in [0.29, 0.717) is 12.4 Å². The molecule has 0 radical (unpaired) electrons. The first-order valence-corrected chi connectivity index (χ1v) is 6.40. The van der Waals surface area contributed by atoms with Crippen molar-refractivity contribution in [1.82, 2.24) is 15.2 Å². The molecule has 1 fully saturated rings. The second-order valence-electron chi connectivity index (χ2n) is 4.21. The average Bonchev–Trinajstić information content (AvgIpc) is 2.32. The average molecular weight is 277 g/mol. The molecular formula is C10H14Cl2N4O. The molecule has 1 heterocycles. The molecule has 1 saturated carbocycles. The number of anilines is 1. The second kappa shape index (κ2) is 5.80. The molecule has 5 nitrogen and oxygen atoms in total. The molecule has 17 heavy (non-hydrogen) atoms. The van der Waals surface area contributed by atoms with E-state index in [9.17, 15) is 5.11 Å². The summed E-state index contributed by atoms with van der Waals surface area (Å²) in [6, 6.07) is 0.